The van der Waals surface area contributed by atoms with Crippen LogP contribution in [0.3, 0.4) is 0 Å². The zero-order valence-electron chi connectivity index (χ0n) is 12.0. The minimum atomic E-state index is 0.530. The monoisotopic (exact) mass is 279 g/mol. The quantitative estimate of drug-likeness (QED) is 0.825. The lowest BCUT2D eigenvalue weighted by Crippen LogP contribution is -2.30. The van der Waals surface area contributed by atoms with Crippen molar-refractivity contribution in [1.29, 1.82) is 0 Å². The van der Waals surface area contributed by atoms with Gasteiger partial charge in [-0.1, -0.05) is 31.0 Å². The lowest BCUT2D eigenvalue weighted by Gasteiger charge is -2.19. The summed E-state index contributed by atoms with van der Waals surface area (Å²) in [6.07, 6.45) is 6.72. The molecule has 1 unspecified atom stereocenters. The summed E-state index contributed by atoms with van der Waals surface area (Å²) < 4.78 is 5.43. The molecule has 0 heterocycles. The maximum absolute atomic E-state index is 5.43. The zero-order chi connectivity index (χ0) is 13.5. The molecule has 1 saturated carbocycles. The van der Waals surface area contributed by atoms with Gasteiger partial charge in [-0.25, -0.2) is 0 Å². The first-order chi connectivity index (χ1) is 9.33. The fourth-order valence-electron chi connectivity index (χ4n) is 2.69. The van der Waals surface area contributed by atoms with Crippen LogP contribution in [0.4, 0.5) is 0 Å². The summed E-state index contributed by atoms with van der Waals surface area (Å²) in [7, 11) is 3.82. The van der Waals surface area contributed by atoms with Gasteiger partial charge in [-0.2, -0.15) is 11.8 Å². The van der Waals surface area contributed by atoms with E-state index in [1.54, 1.807) is 7.11 Å². The Morgan fingerprint density at radius 3 is 2.74 bits per heavy atom. The number of methoxy groups -OCH3 is 1. The number of likely N-dealkylation sites (N-methyl/N-ethyl adjacent to an activating group) is 1. The average Bonchev–Trinajstić information content (AvgIpc) is 2.97. The highest BCUT2D eigenvalue weighted by atomic mass is 32.2. The summed E-state index contributed by atoms with van der Waals surface area (Å²) >= 11 is 2.15. The predicted octanol–water partition coefficient (Wildman–Crippen LogP) is 3.50. The van der Waals surface area contributed by atoms with Crippen molar-refractivity contribution < 1.29 is 4.74 Å². The van der Waals surface area contributed by atoms with Crippen LogP contribution in [0.15, 0.2) is 24.3 Å². The first kappa shape index (κ1) is 14.7. The Kier molecular flexibility index (Phi) is 6.05. The van der Waals surface area contributed by atoms with Crippen molar-refractivity contribution in [1.82, 2.24) is 5.32 Å². The molecule has 0 aromatic heterocycles. The van der Waals surface area contributed by atoms with Gasteiger partial charge in [-0.05, 0) is 37.9 Å². The number of thioether (sulfide) groups is 1. The Hall–Kier alpha value is -0.670. The smallest absolute Gasteiger partial charge is 0.122 e. The van der Waals surface area contributed by atoms with Gasteiger partial charge < -0.3 is 10.1 Å². The van der Waals surface area contributed by atoms with Gasteiger partial charge >= 0.3 is 0 Å². The minimum absolute atomic E-state index is 0.530. The molecule has 19 heavy (non-hydrogen) atoms. The van der Waals surface area contributed by atoms with E-state index < -0.39 is 0 Å². The molecule has 0 bridgehead atoms. The molecule has 1 aliphatic carbocycles. The second-order valence-electron chi connectivity index (χ2n) is 5.24. The molecule has 3 heteroatoms. The molecular weight excluding hydrogens is 254 g/mol. The average molecular weight is 279 g/mol. The molecule has 1 N–H and O–H groups in total. The highest BCUT2D eigenvalue weighted by molar-refractivity contribution is 7.99. The fraction of sp³-hybridized carbons (Fsp3) is 0.625. The van der Waals surface area contributed by atoms with Crippen LogP contribution in [0.1, 0.15) is 31.2 Å². The van der Waals surface area contributed by atoms with E-state index in [0.29, 0.717) is 6.04 Å². The van der Waals surface area contributed by atoms with Crippen molar-refractivity contribution in [3.63, 3.8) is 0 Å². The summed E-state index contributed by atoms with van der Waals surface area (Å²) in [6, 6.07) is 8.87. The van der Waals surface area contributed by atoms with Crippen molar-refractivity contribution >= 4 is 11.8 Å². The Bertz CT molecular complexity index is 377. The van der Waals surface area contributed by atoms with Gasteiger partial charge in [0.05, 0.1) is 7.11 Å². The molecule has 0 radical (unpaired) electrons. The molecule has 1 atom stereocenters. The van der Waals surface area contributed by atoms with Crippen LogP contribution in [0.25, 0.3) is 0 Å². The Morgan fingerprint density at radius 1 is 1.32 bits per heavy atom. The molecule has 0 aliphatic heterocycles. The maximum Gasteiger partial charge on any atom is 0.122 e. The van der Waals surface area contributed by atoms with Crippen LogP contribution < -0.4 is 10.1 Å². The highest BCUT2D eigenvalue weighted by Gasteiger charge is 2.18. The standard InChI is InChI=1S/C16H25NOS/c1-17-14(12-19-15-8-4-5-9-15)11-13-7-3-6-10-16(13)18-2/h3,6-7,10,14-15,17H,4-5,8-9,11-12H2,1-2H3. The number of nitrogens with one attached hydrogen (secondary N) is 1. The van der Waals surface area contributed by atoms with Crippen molar-refractivity contribution in [3.05, 3.63) is 29.8 Å². The van der Waals surface area contributed by atoms with Gasteiger partial charge in [0.1, 0.15) is 5.75 Å². The van der Waals surface area contributed by atoms with Gasteiger partial charge in [0, 0.05) is 17.0 Å². The van der Waals surface area contributed by atoms with Crippen molar-refractivity contribution in [2.45, 2.75) is 43.4 Å². The third kappa shape index (κ3) is 4.43. The molecule has 1 aliphatic rings. The van der Waals surface area contributed by atoms with E-state index in [-0.39, 0.29) is 0 Å². The van der Waals surface area contributed by atoms with Gasteiger partial charge in [0.25, 0.3) is 0 Å². The first-order valence-electron chi connectivity index (χ1n) is 7.24. The van der Waals surface area contributed by atoms with E-state index in [4.69, 9.17) is 4.74 Å². The van der Waals surface area contributed by atoms with Gasteiger partial charge in [0.15, 0.2) is 0 Å². The normalized spacial score (nSPS) is 17.6. The van der Waals surface area contributed by atoms with Crippen molar-refractivity contribution in [2.75, 3.05) is 19.9 Å². The topological polar surface area (TPSA) is 21.3 Å². The van der Waals surface area contributed by atoms with E-state index in [1.807, 2.05) is 12.1 Å². The van der Waals surface area contributed by atoms with E-state index in [1.165, 1.54) is 37.0 Å². The molecule has 2 rings (SSSR count). The van der Waals surface area contributed by atoms with Gasteiger partial charge in [-0.3, -0.25) is 0 Å². The lowest BCUT2D eigenvalue weighted by molar-refractivity contribution is 0.407. The highest BCUT2D eigenvalue weighted by Crippen LogP contribution is 2.30. The van der Waals surface area contributed by atoms with Crippen LogP contribution in [-0.2, 0) is 6.42 Å². The summed E-state index contributed by atoms with van der Waals surface area (Å²) in [5.74, 6) is 2.20. The number of para-hydroxylation sites is 1. The number of rotatable bonds is 7. The largest absolute Gasteiger partial charge is 0.496 e. The number of ether oxygens (including phenoxy) is 1. The summed E-state index contributed by atoms with van der Waals surface area (Å²) in [4.78, 5) is 0. The molecule has 0 spiro atoms. The lowest BCUT2D eigenvalue weighted by atomic mass is 10.1. The van der Waals surface area contributed by atoms with Crippen LogP contribution >= 0.6 is 11.8 Å². The third-order valence-corrected chi connectivity index (χ3v) is 5.44. The maximum atomic E-state index is 5.43. The fourth-order valence-corrected chi connectivity index (χ4v) is 4.14. The molecule has 0 saturated heterocycles. The van der Waals surface area contributed by atoms with E-state index in [9.17, 15) is 0 Å². The van der Waals surface area contributed by atoms with Crippen molar-refractivity contribution in [3.8, 4) is 5.75 Å². The minimum Gasteiger partial charge on any atom is -0.496 e. The molecule has 106 valence electrons. The molecule has 1 aromatic carbocycles. The molecule has 2 nitrogen and oxygen atoms in total. The Balaban J connectivity index is 1.86. The van der Waals surface area contributed by atoms with E-state index in [0.717, 1.165) is 17.4 Å². The number of hydrogen-bond donors (Lipinski definition) is 1. The van der Waals surface area contributed by atoms with Crippen LogP contribution in [0.5, 0.6) is 5.75 Å². The second-order valence-corrected chi connectivity index (χ2v) is 6.57. The molecule has 0 amide bonds. The second kappa shape index (κ2) is 7.81. The molecular formula is C16H25NOS. The first-order valence-corrected chi connectivity index (χ1v) is 8.29. The third-order valence-electron chi connectivity index (χ3n) is 3.90. The summed E-state index contributed by atoms with van der Waals surface area (Å²) in [6.45, 7) is 0. The van der Waals surface area contributed by atoms with Crippen LogP contribution in [-0.4, -0.2) is 31.2 Å². The Labute approximate surface area is 121 Å². The summed E-state index contributed by atoms with van der Waals surface area (Å²) in [5, 5.41) is 4.35. The zero-order valence-corrected chi connectivity index (χ0v) is 12.8. The predicted molar refractivity (Wildman–Crippen MR) is 84.3 cm³/mol. The number of hydrogen-bond acceptors (Lipinski definition) is 3. The van der Waals surface area contributed by atoms with Crippen molar-refractivity contribution in [2.24, 2.45) is 0 Å². The summed E-state index contributed by atoms with van der Waals surface area (Å²) in [5.41, 5.74) is 1.30. The van der Waals surface area contributed by atoms with Crippen LogP contribution in [0, 0.1) is 0 Å². The van der Waals surface area contributed by atoms with Crippen LogP contribution in [0.2, 0.25) is 0 Å². The molecule has 1 aromatic rings. The van der Waals surface area contributed by atoms with E-state index in [2.05, 4.69) is 36.3 Å². The van der Waals surface area contributed by atoms with Gasteiger partial charge in [0.2, 0.25) is 0 Å². The molecule has 1 fully saturated rings. The van der Waals surface area contributed by atoms with Gasteiger partial charge in [-0.15, -0.1) is 0 Å². The van der Waals surface area contributed by atoms with E-state index >= 15 is 0 Å². The Morgan fingerprint density at radius 2 is 2.05 bits per heavy atom. The number of benzene rings is 1. The SMILES string of the molecule is CNC(CSC1CCCC1)Cc1ccccc1OC.